The van der Waals surface area contributed by atoms with Crippen molar-refractivity contribution >= 4 is 6.08 Å². The quantitative estimate of drug-likeness (QED) is 0.747. The van der Waals surface area contributed by atoms with Gasteiger partial charge in [-0.15, -0.1) is 10.2 Å². The molecule has 0 bridgehead atoms. The lowest BCUT2D eigenvalue weighted by Gasteiger charge is -2.32. The van der Waals surface area contributed by atoms with Crippen LogP contribution in [0.4, 0.5) is 0 Å². The van der Waals surface area contributed by atoms with Gasteiger partial charge in [0.05, 0.1) is 13.2 Å². The van der Waals surface area contributed by atoms with Crippen molar-refractivity contribution < 1.29 is 4.74 Å². The number of hydrogen-bond acceptors (Lipinski definition) is 5. The molecule has 3 rings (SSSR count). The van der Waals surface area contributed by atoms with Crippen LogP contribution in [0.1, 0.15) is 36.0 Å². The van der Waals surface area contributed by atoms with E-state index in [-0.39, 0.29) is 0 Å². The van der Waals surface area contributed by atoms with Crippen molar-refractivity contribution in [2.75, 3.05) is 27.3 Å². The number of benzene rings is 1. The van der Waals surface area contributed by atoms with Gasteiger partial charge in [0.2, 0.25) is 0 Å². The Labute approximate surface area is 155 Å². The summed E-state index contributed by atoms with van der Waals surface area (Å²) < 4.78 is 7.49. The highest BCUT2D eigenvalue weighted by Gasteiger charge is 2.32. The van der Waals surface area contributed by atoms with Crippen LogP contribution in [0, 0.1) is 0 Å². The Hall–Kier alpha value is -2.02. The second kappa shape index (κ2) is 9.07. The molecule has 0 atom stereocenters. The lowest BCUT2D eigenvalue weighted by molar-refractivity contribution is 0.182. The maximum Gasteiger partial charge on any atom is 0.147 e. The first-order valence-corrected chi connectivity index (χ1v) is 9.24. The van der Waals surface area contributed by atoms with Crippen molar-refractivity contribution in [1.29, 1.82) is 0 Å². The van der Waals surface area contributed by atoms with Crippen molar-refractivity contribution in [2.24, 2.45) is 5.73 Å². The van der Waals surface area contributed by atoms with Gasteiger partial charge in [0.15, 0.2) is 0 Å². The van der Waals surface area contributed by atoms with Gasteiger partial charge in [0, 0.05) is 32.2 Å². The summed E-state index contributed by atoms with van der Waals surface area (Å²) in [4.78, 5) is 2.24. The zero-order valence-electron chi connectivity index (χ0n) is 15.7. The second-order valence-corrected chi connectivity index (χ2v) is 7.06. The summed E-state index contributed by atoms with van der Waals surface area (Å²) in [5.74, 6) is 2.49. The van der Waals surface area contributed by atoms with E-state index >= 15 is 0 Å². The predicted molar refractivity (Wildman–Crippen MR) is 104 cm³/mol. The van der Waals surface area contributed by atoms with Crippen LogP contribution < -0.4 is 5.73 Å². The van der Waals surface area contributed by atoms with Gasteiger partial charge >= 0.3 is 0 Å². The van der Waals surface area contributed by atoms with E-state index in [9.17, 15) is 0 Å². The van der Waals surface area contributed by atoms with Crippen molar-refractivity contribution in [1.82, 2.24) is 19.7 Å². The molecule has 1 aromatic carbocycles. The molecule has 6 nitrogen and oxygen atoms in total. The predicted octanol–water partition coefficient (Wildman–Crippen LogP) is 2.27. The zero-order valence-corrected chi connectivity index (χ0v) is 15.7. The number of likely N-dealkylation sites (N-methyl/N-ethyl adjacent to an activating group) is 1. The van der Waals surface area contributed by atoms with E-state index in [4.69, 9.17) is 10.5 Å². The minimum Gasteiger partial charge on any atom is -0.383 e. The van der Waals surface area contributed by atoms with Gasteiger partial charge in [-0.25, -0.2) is 0 Å². The molecule has 140 valence electrons. The maximum atomic E-state index is 5.95. The highest BCUT2D eigenvalue weighted by molar-refractivity contribution is 5.48. The largest absolute Gasteiger partial charge is 0.383 e. The Kier molecular flexibility index (Phi) is 6.55. The van der Waals surface area contributed by atoms with E-state index in [1.807, 2.05) is 6.07 Å². The fourth-order valence-corrected chi connectivity index (χ4v) is 3.31. The van der Waals surface area contributed by atoms with E-state index in [2.05, 4.69) is 63.1 Å². The highest BCUT2D eigenvalue weighted by Crippen LogP contribution is 2.34. The second-order valence-electron chi connectivity index (χ2n) is 7.06. The Morgan fingerprint density at radius 1 is 1.27 bits per heavy atom. The van der Waals surface area contributed by atoms with Gasteiger partial charge < -0.3 is 15.0 Å². The molecule has 1 aliphatic rings. The smallest absolute Gasteiger partial charge is 0.147 e. The van der Waals surface area contributed by atoms with E-state index in [0.717, 1.165) is 44.1 Å². The third kappa shape index (κ3) is 4.78. The molecular weight excluding hydrogens is 326 g/mol. The normalized spacial score (nSPS) is 20.0. The number of hydrogen-bond donors (Lipinski definition) is 1. The van der Waals surface area contributed by atoms with Gasteiger partial charge in [-0.2, -0.15) is 0 Å². The van der Waals surface area contributed by atoms with E-state index < -0.39 is 0 Å². The van der Waals surface area contributed by atoms with Crippen LogP contribution in [0.3, 0.4) is 0 Å². The van der Waals surface area contributed by atoms with Crippen LogP contribution in [0.25, 0.3) is 6.08 Å². The Bertz CT molecular complexity index is 706. The maximum absolute atomic E-state index is 5.95. The number of methoxy groups -OCH3 is 1. The van der Waals surface area contributed by atoms with E-state index in [1.54, 1.807) is 7.11 Å². The van der Waals surface area contributed by atoms with Crippen LogP contribution in [0.15, 0.2) is 36.4 Å². The summed E-state index contributed by atoms with van der Waals surface area (Å²) in [6, 6.07) is 10.6. The number of nitrogens with two attached hydrogens (primary N) is 1. The molecule has 1 aliphatic carbocycles. The van der Waals surface area contributed by atoms with Gasteiger partial charge in [-0.3, -0.25) is 4.90 Å². The average Bonchev–Trinajstić information content (AvgIpc) is 3.00. The number of ether oxygens (including phenoxy) is 1. The lowest BCUT2D eigenvalue weighted by Crippen LogP contribution is -2.36. The van der Waals surface area contributed by atoms with E-state index in [0.29, 0.717) is 18.6 Å². The molecule has 2 aromatic rings. The molecule has 1 heterocycles. The molecule has 26 heavy (non-hydrogen) atoms. The van der Waals surface area contributed by atoms with Crippen LogP contribution in [0.2, 0.25) is 0 Å². The lowest BCUT2D eigenvalue weighted by atomic mass is 9.80. The number of nitrogens with zero attached hydrogens (tertiary/aromatic N) is 4. The van der Waals surface area contributed by atoms with Gasteiger partial charge in [-0.05, 0) is 25.5 Å². The highest BCUT2D eigenvalue weighted by atomic mass is 16.5. The minimum absolute atomic E-state index is 0.307. The third-order valence-electron chi connectivity index (χ3n) is 4.85. The summed E-state index contributed by atoms with van der Waals surface area (Å²) in [6.07, 6.45) is 6.33. The summed E-state index contributed by atoms with van der Waals surface area (Å²) in [7, 11) is 3.83. The topological polar surface area (TPSA) is 69.2 Å². The fourth-order valence-electron chi connectivity index (χ4n) is 3.31. The molecule has 0 radical (unpaired) electrons. The van der Waals surface area contributed by atoms with Gasteiger partial charge in [0.25, 0.3) is 0 Å². The van der Waals surface area contributed by atoms with Crippen molar-refractivity contribution in [3.05, 3.63) is 53.6 Å². The average molecular weight is 355 g/mol. The Morgan fingerprint density at radius 3 is 2.73 bits per heavy atom. The van der Waals surface area contributed by atoms with Crippen LogP contribution >= 0.6 is 0 Å². The monoisotopic (exact) mass is 355 g/mol. The van der Waals surface area contributed by atoms with E-state index in [1.165, 1.54) is 5.56 Å². The molecule has 2 N–H and O–H groups in total. The molecule has 0 unspecified atom stereocenters. The first-order valence-electron chi connectivity index (χ1n) is 9.24. The SMILES string of the molecule is COCCn1c(CN(C)C/C=C/c2ccccc2)nnc1C1CC(N)C1. The Balaban J connectivity index is 1.61. The molecule has 0 spiro atoms. The number of aromatic nitrogens is 3. The van der Waals surface area contributed by atoms with Crippen LogP contribution in [-0.4, -0.2) is 53.0 Å². The van der Waals surface area contributed by atoms with Crippen molar-refractivity contribution in [3.8, 4) is 0 Å². The first-order chi connectivity index (χ1) is 12.7. The zero-order chi connectivity index (χ0) is 18.4. The van der Waals surface area contributed by atoms with Crippen molar-refractivity contribution in [2.45, 2.75) is 37.9 Å². The summed E-state index contributed by atoms with van der Waals surface area (Å²) in [5.41, 5.74) is 7.16. The fraction of sp³-hybridized carbons (Fsp3) is 0.500. The van der Waals surface area contributed by atoms with Crippen LogP contribution in [-0.2, 0) is 17.8 Å². The molecular formula is C20H29N5O. The molecule has 1 fully saturated rings. The number of rotatable bonds is 9. The van der Waals surface area contributed by atoms with Gasteiger partial charge in [-0.1, -0.05) is 42.5 Å². The summed E-state index contributed by atoms with van der Waals surface area (Å²) >= 11 is 0. The molecule has 1 saturated carbocycles. The minimum atomic E-state index is 0.307. The summed E-state index contributed by atoms with van der Waals surface area (Å²) in [5, 5.41) is 8.92. The summed E-state index contributed by atoms with van der Waals surface area (Å²) in [6.45, 7) is 3.06. The molecule has 0 amide bonds. The third-order valence-corrected chi connectivity index (χ3v) is 4.85. The molecule has 6 heteroatoms. The van der Waals surface area contributed by atoms with Crippen LogP contribution in [0.5, 0.6) is 0 Å². The molecule has 1 aromatic heterocycles. The Morgan fingerprint density at radius 2 is 2.04 bits per heavy atom. The first kappa shape index (κ1) is 18.8. The van der Waals surface area contributed by atoms with Crippen molar-refractivity contribution in [3.63, 3.8) is 0 Å². The molecule has 0 aliphatic heterocycles. The molecule has 0 saturated heterocycles. The van der Waals surface area contributed by atoms with Gasteiger partial charge in [0.1, 0.15) is 11.6 Å². The standard InChI is InChI=1S/C20H29N5O/c1-24(10-6-9-16-7-4-3-5-8-16)15-19-22-23-20(17-13-18(21)14-17)25(19)11-12-26-2/h3-9,17-18H,10-15,21H2,1-2H3/b9-6+.